The summed E-state index contributed by atoms with van der Waals surface area (Å²) in [5, 5.41) is 11.5. The Balaban J connectivity index is 2.54. The highest BCUT2D eigenvalue weighted by molar-refractivity contribution is 5.85. The summed E-state index contributed by atoms with van der Waals surface area (Å²) >= 11 is 0. The van der Waals surface area contributed by atoms with Gasteiger partial charge in [-0.05, 0) is 20.3 Å². The second-order valence-electron chi connectivity index (χ2n) is 4.61. The van der Waals surface area contributed by atoms with Crippen LogP contribution in [0.4, 0.5) is 4.79 Å². The van der Waals surface area contributed by atoms with Gasteiger partial charge in [0.1, 0.15) is 5.41 Å². The topological polar surface area (TPSA) is 82.4 Å². The van der Waals surface area contributed by atoms with E-state index in [4.69, 9.17) is 5.26 Å². The highest BCUT2D eigenvalue weighted by atomic mass is 16.5. The third-order valence-electron chi connectivity index (χ3n) is 2.80. The Kier molecular flexibility index (Phi) is 3.94. The fourth-order valence-electron chi connectivity index (χ4n) is 1.73. The molecule has 0 aliphatic carbocycles. The van der Waals surface area contributed by atoms with Crippen LogP contribution in [0, 0.1) is 16.7 Å². The molecule has 1 fully saturated rings. The van der Waals surface area contributed by atoms with Crippen molar-refractivity contribution < 1.29 is 14.3 Å². The molecular formula is C11H17N3O3. The highest BCUT2D eigenvalue weighted by Crippen LogP contribution is 2.21. The van der Waals surface area contributed by atoms with Gasteiger partial charge in [0, 0.05) is 13.1 Å². The first-order valence-electron chi connectivity index (χ1n) is 5.46. The van der Waals surface area contributed by atoms with Crippen LogP contribution in [0.25, 0.3) is 0 Å². The Morgan fingerprint density at radius 1 is 1.53 bits per heavy atom. The van der Waals surface area contributed by atoms with Crippen molar-refractivity contribution in [3.8, 4) is 6.07 Å². The van der Waals surface area contributed by atoms with Crippen LogP contribution < -0.4 is 5.32 Å². The molecule has 17 heavy (non-hydrogen) atoms. The van der Waals surface area contributed by atoms with E-state index in [1.54, 1.807) is 18.7 Å². The number of likely N-dealkylation sites (tertiary alicyclic amines) is 1. The lowest BCUT2D eigenvalue weighted by Gasteiger charge is -2.23. The van der Waals surface area contributed by atoms with Crippen LogP contribution in [-0.4, -0.2) is 43.1 Å². The van der Waals surface area contributed by atoms with Crippen LogP contribution in [0.5, 0.6) is 0 Å². The first-order chi connectivity index (χ1) is 7.90. The third kappa shape index (κ3) is 3.09. The normalized spacial score (nSPS) is 19.6. The van der Waals surface area contributed by atoms with E-state index in [0.29, 0.717) is 19.5 Å². The molecule has 0 spiro atoms. The van der Waals surface area contributed by atoms with E-state index >= 15 is 0 Å². The number of carbonyl (C=O) groups excluding carboxylic acids is 2. The number of ether oxygens (including phenoxy) is 1. The zero-order valence-electron chi connectivity index (χ0n) is 10.3. The molecule has 0 aromatic rings. The van der Waals surface area contributed by atoms with Crippen molar-refractivity contribution in [1.29, 1.82) is 5.26 Å². The molecule has 0 bridgehead atoms. The number of rotatable bonds is 2. The molecule has 1 unspecified atom stereocenters. The molecule has 1 saturated heterocycles. The number of nitrogens with one attached hydrogen (secondary N) is 1. The molecule has 0 radical (unpaired) electrons. The number of hydrogen-bond donors (Lipinski definition) is 1. The second-order valence-corrected chi connectivity index (χ2v) is 4.61. The molecule has 1 aliphatic heterocycles. The molecule has 1 aliphatic rings. The van der Waals surface area contributed by atoms with E-state index in [-0.39, 0.29) is 11.9 Å². The predicted octanol–water partition coefficient (Wildman–Crippen LogP) is 0.493. The minimum atomic E-state index is -1.01. The summed E-state index contributed by atoms with van der Waals surface area (Å²) in [4.78, 5) is 24.6. The van der Waals surface area contributed by atoms with Crippen molar-refractivity contribution in [2.45, 2.75) is 26.3 Å². The molecule has 6 heteroatoms. The molecule has 1 rings (SSSR count). The first-order valence-corrected chi connectivity index (χ1v) is 5.46. The summed E-state index contributed by atoms with van der Waals surface area (Å²) in [6.07, 6.45) is 0.186. The Morgan fingerprint density at radius 2 is 2.18 bits per heavy atom. The fourth-order valence-corrected chi connectivity index (χ4v) is 1.73. The van der Waals surface area contributed by atoms with E-state index in [1.165, 1.54) is 7.11 Å². The predicted molar refractivity (Wildman–Crippen MR) is 59.9 cm³/mol. The maximum absolute atomic E-state index is 12.0. The van der Waals surface area contributed by atoms with Crippen molar-refractivity contribution in [2.24, 2.45) is 5.41 Å². The Labute approximate surface area is 101 Å². The van der Waals surface area contributed by atoms with Gasteiger partial charge in [-0.15, -0.1) is 0 Å². The lowest BCUT2D eigenvalue weighted by Crippen LogP contribution is -2.42. The summed E-state index contributed by atoms with van der Waals surface area (Å²) in [6, 6.07) is 1.89. The number of hydrogen-bond acceptors (Lipinski definition) is 4. The molecule has 0 saturated carbocycles. The average Bonchev–Trinajstić information content (AvgIpc) is 2.76. The van der Waals surface area contributed by atoms with E-state index < -0.39 is 11.5 Å². The van der Waals surface area contributed by atoms with Crippen LogP contribution in [0.3, 0.4) is 0 Å². The summed E-state index contributed by atoms with van der Waals surface area (Å²) < 4.78 is 4.49. The molecule has 0 aromatic heterocycles. The second kappa shape index (κ2) is 5.04. The Bertz CT molecular complexity index is 359. The van der Waals surface area contributed by atoms with Crippen LogP contribution >= 0.6 is 0 Å². The zero-order valence-corrected chi connectivity index (χ0v) is 10.3. The maximum Gasteiger partial charge on any atom is 0.407 e. The van der Waals surface area contributed by atoms with E-state index in [2.05, 4.69) is 10.1 Å². The molecule has 6 nitrogen and oxygen atoms in total. The van der Waals surface area contributed by atoms with Gasteiger partial charge in [-0.3, -0.25) is 4.79 Å². The lowest BCUT2D eigenvalue weighted by molar-refractivity contribution is -0.136. The standard InChI is InChI=1S/C11H17N3O3/c1-11(2,7-12)9(15)14-5-4-8(6-14)13-10(16)17-3/h8H,4-6H2,1-3H3,(H,13,16). The molecular weight excluding hydrogens is 222 g/mol. The maximum atomic E-state index is 12.0. The Hall–Kier alpha value is -1.77. The van der Waals surface area contributed by atoms with Gasteiger partial charge in [-0.25, -0.2) is 4.79 Å². The van der Waals surface area contributed by atoms with Crippen molar-refractivity contribution in [3.05, 3.63) is 0 Å². The molecule has 2 amide bonds. The molecule has 94 valence electrons. The van der Waals surface area contributed by atoms with Crippen molar-refractivity contribution >= 4 is 12.0 Å². The van der Waals surface area contributed by atoms with Crippen LogP contribution in [-0.2, 0) is 9.53 Å². The number of methoxy groups -OCH3 is 1. The average molecular weight is 239 g/mol. The zero-order chi connectivity index (χ0) is 13.1. The number of amides is 2. The smallest absolute Gasteiger partial charge is 0.407 e. The fraction of sp³-hybridized carbons (Fsp3) is 0.727. The quantitative estimate of drug-likeness (QED) is 0.760. The largest absolute Gasteiger partial charge is 0.453 e. The van der Waals surface area contributed by atoms with Crippen molar-refractivity contribution in [2.75, 3.05) is 20.2 Å². The molecule has 1 atom stereocenters. The van der Waals surface area contributed by atoms with Crippen molar-refractivity contribution in [3.63, 3.8) is 0 Å². The number of nitriles is 1. The van der Waals surface area contributed by atoms with Crippen molar-refractivity contribution in [1.82, 2.24) is 10.2 Å². The van der Waals surface area contributed by atoms with Gasteiger partial charge in [-0.2, -0.15) is 5.26 Å². The minimum Gasteiger partial charge on any atom is -0.453 e. The summed E-state index contributed by atoms with van der Waals surface area (Å²) in [6.45, 7) is 4.17. The van der Waals surface area contributed by atoms with Gasteiger partial charge in [0.15, 0.2) is 0 Å². The first kappa shape index (κ1) is 13.3. The van der Waals surface area contributed by atoms with Crippen LogP contribution in [0.2, 0.25) is 0 Å². The van der Waals surface area contributed by atoms with Gasteiger partial charge >= 0.3 is 6.09 Å². The summed E-state index contributed by atoms with van der Waals surface area (Å²) in [7, 11) is 1.30. The highest BCUT2D eigenvalue weighted by Gasteiger charge is 2.36. The monoisotopic (exact) mass is 239 g/mol. The molecule has 1 heterocycles. The van der Waals surface area contributed by atoms with Crippen LogP contribution in [0.15, 0.2) is 0 Å². The summed E-state index contributed by atoms with van der Waals surface area (Å²) in [5.74, 6) is -0.200. The van der Waals surface area contributed by atoms with E-state index in [9.17, 15) is 9.59 Å². The van der Waals surface area contributed by atoms with E-state index in [1.807, 2.05) is 6.07 Å². The number of carbonyl (C=O) groups is 2. The van der Waals surface area contributed by atoms with E-state index in [0.717, 1.165) is 0 Å². The van der Waals surface area contributed by atoms with Gasteiger partial charge in [0.25, 0.3) is 0 Å². The number of nitrogens with zero attached hydrogens (tertiary/aromatic N) is 2. The summed E-state index contributed by atoms with van der Waals surface area (Å²) in [5.41, 5.74) is -1.01. The number of alkyl carbamates (subject to hydrolysis) is 1. The van der Waals surface area contributed by atoms with Gasteiger partial charge in [0.2, 0.25) is 5.91 Å². The third-order valence-corrected chi connectivity index (χ3v) is 2.80. The van der Waals surface area contributed by atoms with Crippen LogP contribution in [0.1, 0.15) is 20.3 Å². The van der Waals surface area contributed by atoms with Gasteiger partial charge < -0.3 is 15.0 Å². The minimum absolute atomic E-state index is 0.0964. The SMILES string of the molecule is COC(=O)NC1CCN(C(=O)C(C)(C)C#N)C1. The lowest BCUT2D eigenvalue weighted by atomic mass is 9.94. The van der Waals surface area contributed by atoms with Gasteiger partial charge in [-0.1, -0.05) is 0 Å². The molecule has 1 N–H and O–H groups in total. The van der Waals surface area contributed by atoms with Gasteiger partial charge in [0.05, 0.1) is 19.2 Å². The Morgan fingerprint density at radius 3 is 2.71 bits per heavy atom. The molecule has 0 aromatic carbocycles.